The van der Waals surface area contributed by atoms with E-state index in [-0.39, 0.29) is 24.2 Å². The highest BCUT2D eigenvalue weighted by atomic mass is 79.9. The largest absolute Gasteiger partial charge is 0.441 e. The summed E-state index contributed by atoms with van der Waals surface area (Å²) in [6.45, 7) is 4.77. The van der Waals surface area contributed by atoms with Crippen LogP contribution in [0.2, 0.25) is 0 Å². The number of halogens is 2. The number of aryl methyl sites for hydroxylation is 1. The van der Waals surface area contributed by atoms with Gasteiger partial charge < -0.3 is 9.32 Å². The van der Waals surface area contributed by atoms with Crippen molar-refractivity contribution < 1.29 is 13.6 Å². The van der Waals surface area contributed by atoms with Gasteiger partial charge >= 0.3 is 0 Å². The molecule has 0 N–H and O–H groups in total. The minimum absolute atomic E-state index is 0.0424. The molecule has 0 aliphatic carbocycles. The van der Waals surface area contributed by atoms with Crippen molar-refractivity contribution in [2.45, 2.75) is 39.2 Å². The number of carbonyl (C=O) groups is 1. The van der Waals surface area contributed by atoms with Crippen molar-refractivity contribution in [3.63, 3.8) is 0 Å². The van der Waals surface area contributed by atoms with Crippen LogP contribution in [0.15, 0.2) is 63.6 Å². The van der Waals surface area contributed by atoms with Gasteiger partial charge in [0.1, 0.15) is 5.82 Å². The molecule has 0 saturated heterocycles. The molecule has 1 amide bonds. The average Bonchev–Trinajstić information content (AvgIpc) is 3.19. The summed E-state index contributed by atoms with van der Waals surface area (Å²) in [4.78, 5) is 19.1. The van der Waals surface area contributed by atoms with E-state index in [0.29, 0.717) is 30.2 Å². The third-order valence-corrected chi connectivity index (χ3v) is 5.58. The number of rotatable bonds is 8. The number of carbonyl (C=O) groups excluding carboxylic acids is 1. The fourth-order valence-corrected chi connectivity index (χ4v) is 3.94. The lowest BCUT2D eigenvalue weighted by Crippen LogP contribution is -2.34. The number of aromatic nitrogens is 1. The van der Waals surface area contributed by atoms with E-state index < -0.39 is 0 Å². The van der Waals surface area contributed by atoms with Gasteiger partial charge in [-0.05, 0) is 37.1 Å². The molecule has 0 fully saturated rings. The molecule has 0 aliphatic heterocycles. The summed E-state index contributed by atoms with van der Waals surface area (Å²) in [5, 5.41) is 0. The third kappa shape index (κ3) is 5.12. The smallest absolute Gasteiger partial charge is 0.223 e. The molecule has 3 rings (SSSR count). The van der Waals surface area contributed by atoms with Gasteiger partial charge in [-0.2, -0.15) is 0 Å². The fraction of sp³-hybridized carbons (Fsp3) is 0.304. The summed E-state index contributed by atoms with van der Waals surface area (Å²) in [6.07, 6.45) is 3.03. The lowest BCUT2D eigenvalue weighted by molar-refractivity contribution is -0.133. The van der Waals surface area contributed by atoms with Gasteiger partial charge in [-0.25, -0.2) is 9.37 Å². The molecule has 1 aromatic heterocycles. The van der Waals surface area contributed by atoms with Crippen molar-refractivity contribution in [2.24, 2.45) is 0 Å². The molecule has 1 heterocycles. The molecule has 0 spiro atoms. The molecule has 0 saturated carbocycles. The Balaban J connectivity index is 1.68. The first-order valence-electron chi connectivity index (χ1n) is 9.74. The van der Waals surface area contributed by atoms with Gasteiger partial charge in [0.25, 0.3) is 0 Å². The maximum Gasteiger partial charge on any atom is 0.223 e. The normalized spacial score (nSPS) is 12.0. The van der Waals surface area contributed by atoms with Crippen LogP contribution < -0.4 is 0 Å². The lowest BCUT2D eigenvalue weighted by Gasteiger charge is -2.30. The van der Waals surface area contributed by atoms with Gasteiger partial charge in [-0.3, -0.25) is 4.79 Å². The fourth-order valence-electron chi connectivity index (χ4n) is 3.33. The van der Waals surface area contributed by atoms with E-state index in [4.69, 9.17) is 4.42 Å². The van der Waals surface area contributed by atoms with Crippen LogP contribution in [0.25, 0.3) is 11.3 Å². The van der Waals surface area contributed by atoms with Crippen molar-refractivity contribution in [1.29, 1.82) is 0 Å². The molecule has 6 heteroatoms. The number of hydrogen-bond acceptors (Lipinski definition) is 3. The highest BCUT2D eigenvalue weighted by molar-refractivity contribution is 9.10. The Morgan fingerprint density at radius 1 is 1.21 bits per heavy atom. The molecule has 29 heavy (non-hydrogen) atoms. The van der Waals surface area contributed by atoms with E-state index in [9.17, 15) is 9.18 Å². The molecule has 1 atom stereocenters. The van der Waals surface area contributed by atoms with Gasteiger partial charge in [0.15, 0.2) is 11.7 Å². The van der Waals surface area contributed by atoms with Crippen molar-refractivity contribution >= 4 is 21.8 Å². The summed E-state index contributed by atoms with van der Waals surface area (Å²) < 4.78 is 20.6. The Morgan fingerprint density at radius 2 is 1.93 bits per heavy atom. The molecule has 0 bridgehead atoms. The van der Waals surface area contributed by atoms with Crippen LogP contribution in [0.4, 0.5) is 4.39 Å². The quantitative estimate of drug-likeness (QED) is 0.405. The summed E-state index contributed by atoms with van der Waals surface area (Å²) >= 11 is 3.58. The van der Waals surface area contributed by atoms with Crippen molar-refractivity contribution in [3.8, 4) is 11.3 Å². The Bertz CT molecular complexity index is 973. The minimum Gasteiger partial charge on any atom is -0.441 e. The van der Waals surface area contributed by atoms with Crippen LogP contribution in [0.1, 0.15) is 44.2 Å². The number of nitrogens with zero attached hydrogens (tertiary/aromatic N) is 2. The van der Waals surface area contributed by atoms with Crippen LogP contribution in [-0.2, 0) is 11.2 Å². The van der Waals surface area contributed by atoms with Gasteiger partial charge in [0, 0.05) is 23.9 Å². The van der Waals surface area contributed by atoms with E-state index in [2.05, 4.69) is 27.8 Å². The zero-order chi connectivity index (χ0) is 20.8. The predicted molar refractivity (Wildman–Crippen MR) is 115 cm³/mol. The highest BCUT2D eigenvalue weighted by Crippen LogP contribution is 2.29. The number of hydrogen-bond donors (Lipinski definition) is 0. The van der Waals surface area contributed by atoms with Crippen LogP contribution >= 0.6 is 15.9 Å². The maximum atomic E-state index is 13.9. The molecular weight excluding hydrogens is 435 g/mol. The maximum absolute atomic E-state index is 13.9. The molecule has 0 aliphatic rings. The first kappa shape index (κ1) is 21.2. The SMILES string of the molecule is CCCN(C(=O)CCc1ncc(-c2ccccc2F)o1)C(C)c1ccccc1Br. The molecule has 1 unspecified atom stereocenters. The van der Waals surface area contributed by atoms with E-state index >= 15 is 0 Å². The first-order chi connectivity index (χ1) is 14.0. The second-order valence-corrected chi connectivity index (χ2v) is 7.74. The van der Waals surface area contributed by atoms with E-state index in [1.54, 1.807) is 18.2 Å². The summed E-state index contributed by atoms with van der Waals surface area (Å²) in [5.74, 6) is 0.488. The van der Waals surface area contributed by atoms with E-state index in [1.165, 1.54) is 12.3 Å². The van der Waals surface area contributed by atoms with Crippen LogP contribution in [0.5, 0.6) is 0 Å². The van der Waals surface area contributed by atoms with Crippen molar-refractivity contribution in [3.05, 3.63) is 76.5 Å². The zero-order valence-electron chi connectivity index (χ0n) is 16.6. The van der Waals surface area contributed by atoms with Gasteiger partial charge in [-0.1, -0.05) is 53.2 Å². The van der Waals surface area contributed by atoms with E-state index in [1.807, 2.05) is 36.1 Å². The summed E-state index contributed by atoms with van der Waals surface area (Å²) in [5.41, 5.74) is 1.44. The van der Waals surface area contributed by atoms with Crippen LogP contribution in [0, 0.1) is 5.82 Å². The second kappa shape index (κ2) is 9.83. The number of oxazole rings is 1. The summed E-state index contributed by atoms with van der Waals surface area (Å²) in [7, 11) is 0. The van der Waals surface area contributed by atoms with Crippen LogP contribution in [0.3, 0.4) is 0 Å². The van der Waals surface area contributed by atoms with Gasteiger partial charge in [0.05, 0.1) is 17.8 Å². The highest BCUT2D eigenvalue weighted by Gasteiger charge is 2.22. The number of benzene rings is 2. The van der Waals surface area contributed by atoms with Crippen LogP contribution in [-0.4, -0.2) is 22.3 Å². The van der Waals surface area contributed by atoms with Crippen molar-refractivity contribution in [1.82, 2.24) is 9.88 Å². The third-order valence-electron chi connectivity index (χ3n) is 4.85. The Hall–Kier alpha value is -2.47. The molecular formula is C23H24BrFN2O2. The minimum atomic E-state index is -0.359. The predicted octanol–water partition coefficient (Wildman–Crippen LogP) is 6.18. The summed E-state index contributed by atoms with van der Waals surface area (Å²) in [6, 6.07) is 14.3. The number of amides is 1. The lowest BCUT2D eigenvalue weighted by atomic mass is 10.1. The molecule has 3 aromatic rings. The van der Waals surface area contributed by atoms with Gasteiger partial charge in [-0.15, -0.1) is 0 Å². The Kier molecular flexibility index (Phi) is 7.20. The monoisotopic (exact) mass is 458 g/mol. The zero-order valence-corrected chi connectivity index (χ0v) is 18.2. The molecule has 0 radical (unpaired) electrons. The second-order valence-electron chi connectivity index (χ2n) is 6.88. The topological polar surface area (TPSA) is 46.3 Å². The molecule has 152 valence electrons. The van der Waals surface area contributed by atoms with E-state index in [0.717, 1.165) is 16.5 Å². The Morgan fingerprint density at radius 3 is 2.66 bits per heavy atom. The van der Waals surface area contributed by atoms with Gasteiger partial charge in [0.2, 0.25) is 5.91 Å². The first-order valence-corrected chi connectivity index (χ1v) is 10.5. The van der Waals surface area contributed by atoms with Crippen molar-refractivity contribution in [2.75, 3.05) is 6.54 Å². The molecule has 2 aromatic carbocycles. The standard InChI is InChI=1S/C23H24BrFN2O2/c1-3-14-27(16(2)17-8-4-6-10-19(17)24)23(28)13-12-22-26-15-21(29-22)18-9-5-7-11-20(18)25/h4-11,15-16H,3,12-14H2,1-2H3. The Labute approximate surface area is 178 Å². The molecule has 4 nitrogen and oxygen atoms in total. The average molecular weight is 459 g/mol.